The summed E-state index contributed by atoms with van der Waals surface area (Å²) in [6, 6.07) is 0. The molecule has 15 heavy (non-hydrogen) atoms. The van der Waals surface area contributed by atoms with Crippen molar-refractivity contribution in [3.8, 4) is 0 Å². The quantitative estimate of drug-likeness (QED) is 0.678. The lowest BCUT2D eigenvalue weighted by molar-refractivity contribution is 0.0118. The van der Waals surface area contributed by atoms with Crippen LogP contribution in [0.2, 0.25) is 0 Å². The van der Waals surface area contributed by atoms with Crippen LogP contribution in [0.1, 0.15) is 16.9 Å². The Morgan fingerprint density at radius 2 is 2.33 bits per heavy atom. The van der Waals surface area contributed by atoms with Crippen molar-refractivity contribution in [2.45, 2.75) is 12.3 Å². The fourth-order valence-electron chi connectivity index (χ4n) is 1.55. The molecule has 2 heterocycles. The first-order valence-corrected chi connectivity index (χ1v) is 4.51. The number of amides is 1. The largest absolute Gasteiger partial charge is 0.331 e. The van der Waals surface area contributed by atoms with E-state index in [1.165, 1.54) is 10.9 Å². The summed E-state index contributed by atoms with van der Waals surface area (Å²) in [5, 5.41) is 7.11. The number of aromatic nitrogens is 3. The molecule has 0 saturated carbocycles. The zero-order valence-electron chi connectivity index (χ0n) is 8.15. The number of alkyl halides is 2. The fourth-order valence-corrected chi connectivity index (χ4v) is 1.55. The van der Waals surface area contributed by atoms with Crippen LogP contribution in [0.15, 0.2) is 6.20 Å². The van der Waals surface area contributed by atoms with Crippen LogP contribution in [0.25, 0.3) is 0 Å². The molecule has 0 bridgehead atoms. The molecule has 2 rings (SSSR count). The Bertz CT molecular complexity index is 390. The summed E-state index contributed by atoms with van der Waals surface area (Å²) in [6.07, 6.45) is 1.00. The first-order chi connectivity index (χ1) is 6.99. The molecule has 1 amide bonds. The van der Waals surface area contributed by atoms with Crippen LogP contribution in [0.3, 0.4) is 0 Å². The molecule has 1 aromatic rings. The third kappa shape index (κ3) is 1.81. The number of nitrogens with zero attached hydrogens (tertiary/aromatic N) is 4. The second-order valence-electron chi connectivity index (χ2n) is 3.58. The maximum Gasteiger partial charge on any atom is 0.274 e. The number of carbonyl (C=O) groups excluding carboxylic acids is 1. The lowest BCUT2D eigenvalue weighted by Crippen LogP contribution is -2.32. The van der Waals surface area contributed by atoms with Gasteiger partial charge in [-0.05, 0) is 0 Å². The Balaban J connectivity index is 2.14. The smallest absolute Gasteiger partial charge is 0.274 e. The topological polar surface area (TPSA) is 51.0 Å². The summed E-state index contributed by atoms with van der Waals surface area (Å²) in [5.74, 6) is -3.21. The van der Waals surface area contributed by atoms with E-state index in [-0.39, 0.29) is 18.7 Å². The third-order valence-electron chi connectivity index (χ3n) is 2.39. The number of likely N-dealkylation sites (tertiary alicyclic amines) is 1. The van der Waals surface area contributed by atoms with Crippen LogP contribution in [0, 0.1) is 0 Å². The number of carbonyl (C=O) groups is 1. The van der Waals surface area contributed by atoms with Crippen LogP contribution >= 0.6 is 0 Å². The van der Waals surface area contributed by atoms with Crippen molar-refractivity contribution < 1.29 is 13.6 Å². The van der Waals surface area contributed by atoms with Gasteiger partial charge in [-0.1, -0.05) is 5.21 Å². The SMILES string of the molecule is Cn1nncc1C(=O)N1CCC(F)(F)C1. The van der Waals surface area contributed by atoms with Gasteiger partial charge in [0.25, 0.3) is 11.8 Å². The Labute approximate surface area is 84.7 Å². The zero-order chi connectivity index (χ0) is 11.1. The van der Waals surface area contributed by atoms with Gasteiger partial charge in [0.05, 0.1) is 12.7 Å². The molecule has 1 saturated heterocycles. The molecule has 82 valence electrons. The van der Waals surface area contributed by atoms with Crippen LogP contribution in [-0.2, 0) is 7.05 Å². The van der Waals surface area contributed by atoms with Crippen LogP contribution < -0.4 is 0 Å². The van der Waals surface area contributed by atoms with Crippen molar-refractivity contribution in [2.24, 2.45) is 7.05 Å². The van der Waals surface area contributed by atoms with Gasteiger partial charge in [-0.15, -0.1) is 5.10 Å². The van der Waals surface area contributed by atoms with Gasteiger partial charge >= 0.3 is 0 Å². The van der Waals surface area contributed by atoms with E-state index >= 15 is 0 Å². The fraction of sp³-hybridized carbons (Fsp3) is 0.625. The van der Waals surface area contributed by atoms with Crippen molar-refractivity contribution >= 4 is 5.91 Å². The molecule has 0 aliphatic carbocycles. The highest BCUT2D eigenvalue weighted by atomic mass is 19.3. The molecular formula is C8H10F2N4O. The number of hydrogen-bond acceptors (Lipinski definition) is 3. The molecule has 0 aromatic carbocycles. The Kier molecular flexibility index (Phi) is 2.17. The van der Waals surface area contributed by atoms with Gasteiger partial charge in [0, 0.05) is 20.0 Å². The van der Waals surface area contributed by atoms with Gasteiger partial charge in [0.1, 0.15) is 5.69 Å². The minimum atomic E-state index is -2.76. The number of halogens is 2. The van der Waals surface area contributed by atoms with Crippen molar-refractivity contribution in [3.05, 3.63) is 11.9 Å². The highest BCUT2D eigenvalue weighted by Crippen LogP contribution is 2.27. The molecular weight excluding hydrogens is 206 g/mol. The summed E-state index contributed by atoms with van der Waals surface area (Å²) in [6.45, 7) is -0.436. The lowest BCUT2D eigenvalue weighted by atomic mass is 10.3. The molecule has 0 N–H and O–H groups in total. The van der Waals surface area contributed by atoms with E-state index in [0.29, 0.717) is 0 Å². The molecule has 1 aromatic heterocycles. The molecule has 1 aliphatic rings. The van der Waals surface area contributed by atoms with Gasteiger partial charge in [-0.2, -0.15) is 0 Å². The van der Waals surface area contributed by atoms with E-state index in [0.717, 1.165) is 4.90 Å². The molecule has 5 nitrogen and oxygen atoms in total. The maximum atomic E-state index is 12.9. The average Bonchev–Trinajstić information content (AvgIpc) is 2.71. The Hall–Kier alpha value is -1.53. The summed E-state index contributed by atoms with van der Waals surface area (Å²) in [5.41, 5.74) is 0.229. The summed E-state index contributed by atoms with van der Waals surface area (Å²) in [4.78, 5) is 12.8. The molecule has 7 heteroatoms. The molecule has 0 spiro atoms. The van der Waals surface area contributed by atoms with Crippen molar-refractivity contribution in [2.75, 3.05) is 13.1 Å². The van der Waals surface area contributed by atoms with Gasteiger partial charge < -0.3 is 4.90 Å². The number of hydrogen-bond donors (Lipinski definition) is 0. The zero-order valence-corrected chi connectivity index (χ0v) is 8.15. The number of rotatable bonds is 1. The molecule has 0 radical (unpaired) electrons. The maximum absolute atomic E-state index is 12.9. The van der Waals surface area contributed by atoms with E-state index < -0.39 is 18.4 Å². The van der Waals surface area contributed by atoms with E-state index in [4.69, 9.17) is 0 Å². The van der Waals surface area contributed by atoms with Crippen LogP contribution in [-0.4, -0.2) is 44.8 Å². The Morgan fingerprint density at radius 1 is 1.60 bits per heavy atom. The highest BCUT2D eigenvalue weighted by Gasteiger charge is 2.41. The Morgan fingerprint density at radius 3 is 2.80 bits per heavy atom. The van der Waals surface area contributed by atoms with Gasteiger partial charge in [0.15, 0.2) is 0 Å². The standard InChI is InChI=1S/C8H10F2N4O/c1-13-6(4-11-12-13)7(15)14-3-2-8(9,10)5-14/h4H,2-3,5H2,1H3. The minimum absolute atomic E-state index is 0.0804. The van der Waals surface area contributed by atoms with E-state index in [2.05, 4.69) is 10.3 Å². The van der Waals surface area contributed by atoms with E-state index in [1.807, 2.05) is 0 Å². The highest BCUT2D eigenvalue weighted by molar-refractivity contribution is 5.92. The normalized spacial score (nSPS) is 19.5. The minimum Gasteiger partial charge on any atom is -0.331 e. The predicted octanol–water partition coefficient (Wildman–Crippen LogP) is 0.296. The molecule has 1 aliphatic heterocycles. The second-order valence-corrected chi connectivity index (χ2v) is 3.58. The third-order valence-corrected chi connectivity index (χ3v) is 2.39. The van der Waals surface area contributed by atoms with Crippen LogP contribution in [0.5, 0.6) is 0 Å². The molecule has 0 atom stereocenters. The summed E-state index contributed by atoms with van der Waals surface area (Å²) in [7, 11) is 1.55. The number of aryl methyl sites for hydroxylation is 1. The van der Waals surface area contributed by atoms with Crippen LogP contribution in [0.4, 0.5) is 8.78 Å². The van der Waals surface area contributed by atoms with Gasteiger partial charge in [-0.3, -0.25) is 4.79 Å². The first-order valence-electron chi connectivity index (χ1n) is 4.51. The molecule has 0 unspecified atom stereocenters. The van der Waals surface area contributed by atoms with E-state index in [9.17, 15) is 13.6 Å². The monoisotopic (exact) mass is 216 g/mol. The average molecular weight is 216 g/mol. The van der Waals surface area contributed by atoms with Gasteiger partial charge in [0.2, 0.25) is 0 Å². The summed E-state index contributed by atoms with van der Waals surface area (Å²) < 4.78 is 27.0. The van der Waals surface area contributed by atoms with Crippen molar-refractivity contribution in [1.29, 1.82) is 0 Å². The van der Waals surface area contributed by atoms with Crippen molar-refractivity contribution in [3.63, 3.8) is 0 Å². The predicted molar refractivity (Wildman–Crippen MR) is 46.5 cm³/mol. The second kappa shape index (κ2) is 3.25. The van der Waals surface area contributed by atoms with E-state index in [1.54, 1.807) is 7.05 Å². The molecule has 1 fully saturated rings. The van der Waals surface area contributed by atoms with Crippen molar-refractivity contribution in [1.82, 2.24) is 19.9 Å². The van der Waals surface area contributed by atoms with Gasteiger partial charge in [-0.25, -0.2) is 13.5 Å². The summed E-state index contributed by atoms with van der Waals surface area (Å²) >= 11 is 0. The first kappa shape index (κ1) is 10.0. The lowest BCUT2D eigenvalue weighted by Gasteiger charge is -2.15.